The summed E-state index contributed by atoms with van der Waals surface area (Å²) < 4.78 is 5.21. The molecule has 0 radical (unpaired) electrons. The fourth-order valence-corrected chi connectivity index (χ4v) is 2.40. The molecule has 2 atom stereocenters. The summed E-state index contributed by atoms with van der Waals surface area (Å²) >= 11 is 0. The van der Waals surface area contributed by atoms with Crippen molar-refractivity contribution in [2.45, 2.75) is 39.2 Å². The monoisotopic (exact) mass is 322 g/mol. The van der Waals surface area contributed by atoms with E-state index in [1.54, 1.807) is 0 Å². The Bertz CT molecular complexity index is 328. The Kier molecular flexibility index (Phi) is 10.4. The molecule has 7 heteroatoms. The van der Waals surface area contributed by atoms with E-state index in [0.717, 1.165) is 19.4 Å². The highest BCUT2D eigenvalue weighted by Gasteiger charge is 2.30. The molecule has 0 bridgehead atoms. The first-order valence-electron chi connectivity index (χ1n) is 7.38. The number of nitrogens with zero attached hydrogens (tertiary/aromatic N) is 1. The molecule has 0 aromatic heterocycles. The normalized spacial score (nSPS) is 20.4. The van der Waals surface area contributed by atoms with Crippen LogP contribution in [0.1, 0.15) is 33.1 Å². The average Bonchev–Trinajstić information content (AvgIpc) is 2.46. The van der Waals surface area contributed by atoms with Crippen LogP contribution < -0.4 is 5.32 Å². The Morgan fingerprint density at radius 1 is 1.48 bits per heavy atom. The highest BCUT2D eigenvalue weighted by Crippen LogP contribution is 2.18. The van der Waals surface area contributed by atoms with Gasteiger partial charge < -0.3 is 15.2 Å². The number of piperidine rings is 1. The summed E-state index contributed by atoms with van der Waals surface area (Å²) in [6.07, 6.45) is 2.33. The smallest absolute Gasteiger partial charge is 0.307 e. The molecule has 6 nitrogen and oxygen atoms in total. The molecule has 1 saturated heterocycles. The summed E-state index contributed by atoms with van der Waals surface area (Å²) in [7, 11) is 0. The van der Waals surface area contributed by atoms with Gasteiger partial charge >= 0.3 is 5.97 Å². The van der Waals surface area contributed by atoms with Gasteiger partial charge in [-0.3, -0.25) is 14.5 Å². The van der Waals surface area contributed by atoms with Gasteiger partial charge in [-0.2, -0.15) is 0 Å². The van der Waals surface area contributed by atoms with Gasteiger partial charge in [-0.25, -0.2) is 0 Å². The maximum absolute atomic E-state index is 12.0. The Morgan fingerprint density at radius 2 is 2.19 bits per heavy atom. The van der Waals surface area contributed by atoms with E-state index in [-0.39, 0.29) is 30.3 Å². The van der Waals surface area contributed by atoms with Crippen LogP contribution in [0.15, 0.2) is 0 Å². The molecule has 0 aromatic carbocycles. The van der Waals surface area contributed by atoms with Gasteiger partial charge in [0.15, 0.2) is 0 Å². The van der Waals surface area contributed by atoms with Crippen LogP contribution in [0.2, 0.25) is 0 Å². The van der Waals surface area contributed by atoms with Crippen LogP contribution in [0.3, 0.4) is 0 Å². The third kappa shape index (κ3) is 7.11. The van der Waals surface area contributed by atoms with E-state index in [9.17, 15) is 9.59 Å². The van der Waals surface area contributed by atoms with Crippen LogP contribution in [-0.2, 0) is 14.3 Å². The fraction of sp³-hybridized carbons (Fsp3) is 0.857. The predicted octanol–water partition coefficient (Wildman–Crippen LogP) is 1.14. The number of carboxylic acids is 1. The third-order valence-corrected chi connectivity index (χ3v) is 3.70. The minimum absolute atomic E-state index is 0. The Labute approximate surface area is 132 Å². The van der Waals surface area contributed by atoms with Gasteiger partial charge in [0.2, 0.25) is 5.91 Å². The van der Waals surface area contributed by atoms with Crippen molar-refractivity contribution in [1.29, 1.82) is 0 Å². The van der Waals surface area contributed by atoms with Crippen molar-refractivity contribution in [3.05, 3.63) is 0 Å². The van der Waals surface area contributed by atoms with E-state index in [1.165, 1.54) is 0 Å². The fourth-order valence-electron chi connectivity index (χ4n) is 2.40. The molecule has 1 aliphatic rings. The molecular weight excluding hydrogens is 296 g/mol. The van der Waals surface area contributed by atoms with E-state index < -0.39 is 5.97 Å². The van der Waals surface area contributed by atoms with Crippen molar-refractivity contribution in [3.63, 3.8) is 0 Å². The molecule has 0 aromatic rings. The van der Waals surface area contributed by atoms with Crippen LogP contribution in [0.4, 0.5) is 0 Å². The molecule has 0 saturated carbocycles. The van der Waals surface area contributed by atoms with E-state index in [1.807, 2.05) is 18.7 Å². The Morgan fingerprint density at radius 3 is 2.81 bits per heavy atom. The van der Waals surface area contributed by atoms with Crippen LogP contribution in [0.25, 0.3) is 0 Å². The van der Waals surface area contributed by atoms with Crippen LogP contribution in [-0.4, -0.2) is 60.8 Å². The standard InChI is InChI=1S/C14H26N2O4.ClH/c1-3-20-9-5-7-15-13(17)11(2)16-8-4-6-12(10-16)14(18)19;/h11-12H,3-10H2,1-2H3,(H,15,17)(H,18,19);1H. The second kappa shape index (κ2) is 10.8. The molecule has 124 valence electrons. The Hall–Kier alpha value is -0.850. The summed E-state index contributed by atoms with van der Waals surface area (Å²) in [5, 5.41) is 11.9. The van der Waals surface area contributed by atoms with Crippen molar-refractivity contribution in [3.8, 4) is 0 Å². The highest BCUT2D eigenvalue weighted by molar-refractivity contribution is 5.85. The number of hydrogen-bond acceptors (Lipinski definition) is 4. The van der Waals surface area contributed by atoms with Gasteiger partial charge in [-0.1, -0.05) is 0 Å². The Balaban J connectivity index is 0.00000400. The van der Waals surface area contributed by atoms with Gasteiger partial charge in [0.1, 0.15) is 0 Å². The number of aliphatic carboxylic acids is 1. The topological polar surface area (TPSA) is 78.9 Å². The van der Waals surface area contributed by atoms with E-state index in [4.69, 9.17) is 9.84 Å². The molecular formula is C14H27ClN2O4. The maximum Gasteiger partial charge on any atom is 0.307 e. The number of amides is 1. The minimum atomic E-state index is -0.765. The molecule has 1 amide bonds. The number of hydrogen-bond donors (Lipinski definition) is 2. The lowest BCUT2D eigenvalue weighted by molar-refractivity contribution is -0.145. The van der Waals surface area contributed by atoms with Gasteiger partial charge in [0, 0.05) is 26.3 Å². The second-order valence-corrected chi connectivity index (χ2v) is 5.19. The van der Waals surface area contributed by atoms with Crippen LogP contribution >= 0.6 is 12.4 Å². The summed E-state index contributed by atoms with van der Waals surface area (Å²) in [6.45, 7) is 6.96. The highest BCUT2D eigenvalue weighted by atomic mass is 35.5. The zero-order valence-electron chi connectivity index (χ0n) is 12.8. The first-order valence-corrected chi connectivity index (χ1v) is 7.38. The van der Waals surface area contributed by atoms with Crippen LogP contribution in [0.5, 0.6) is 0 Å². The average molecular weight is 323 g/mol. The zero-order chi connectivity index (χ0) is 15.0. The first-order chi connectivity index (χ1) is 9.56. The largest absolute Gasteiger partial charge is 0.481 e. The van der Waals surface area contributed by atoms with Gasteiger partial charge in [0.05, 0.1) is 12.0 Å². The van der Waals surface area contributed by atoms with Crippen molar-refractivity contribution >= 4 is 24.3 Å². The summed E-state index contributed by atoms with van der Waals surface area (Å²) in [6, 6.07) is -0.274. The maximum atomic E-state index is 12.0. The number of carbonyl (C=O) groups is 2. The number of halogens is 1. The lowest BCUT2D eigenvalue weighted by atomic mass is 9.97. The number of carboxylic acid groups (broad SMARTS) is 1. The van der Waals surface area contributed by atoms with Crippen molar-refractivity contribution in [1.82, 2.24) is 10.2 Å². The quantitative estimate of drug-likeness (QED) is 0.655. The molecule has 1 rings (SSSR count). The van der Waals surface area contributed by atoms with Crippen LogP contribution in [0, 0.1) is 5.92 Å². The minimum Gasteiger partial charge on any atom is -0.481 e. The number of nitrogens with one attached hydrogen (secondary N) is 1. The predicted molar refractivity (Wildman–Crippen MR) is 82.8 cm³/mol. The summed E-state index contributed by atoms with van der Waals surface area (Å²) in [5.74, 6) is -1.15. The van der Waals surface area contributed by atoms with Gasteiger partial charge in [0.25, 0.3) is 0 Å². The van der Waals surface area contributed by atoms with E-state index >= 15 is 0 Å². The van der Waals surface area contributed by atoms with E-state index in [0.29, 0.717) is 32.7 Å². The lowest BCUT2D eigenvalue weighted by Crippen LogP contribution is -2.50. The molecule has 0 aliphatic carbocycles. The molecule has 1 fully saturated rings. The second-order valence-electron chi connectivity index (χ2n) is 5.19. The van der Waals surface area contributed by atoms with Crippen molar-refractivity contribution < 1.29 is 19.4 Å². The summed E-state index contributed by atoms with van der Waals surface area (Å²) in [5.41, 5.74) is 0. The van der Waals surface area contributed by atoms with Gasteiger partial charge in [-0.15, -0.1) is 12.4 Å². The zero-order valence-corrected chi connectivity index (χ0v) is 13.7. The number of carbonyl (C=O) groups excluding carboxylic acids is 1. The molecule has 2 unspecified atom stereocenters. The molecule has 1 aliphatic heterocycles. The van der Waals surface area contributed by atoms with Gasteiger partial charge in [-0.05, 0) is 39.7 Å². The third-order valence-electron chi connectivity index (χ3n) is 3.70. The number of likely N-dealkylation sites (tertiary alicyclic amines) is 1. The van der Waals surface area contributed by atoms with E-state index in [2.05, 4.69) is 5.32 Å². The van der Waals surface area contributed by atoms with Crippen molar-refractivity contribution in [2.24, 2.45) is 5.92 Å². The molecule has 21 heavy (non-hydrogen) atoms. The molecule has 2 N–H and O–H groups in total. The SMILES string of the molecule is CCOCCCNC(=O)C(C)N1CCCC(C(=O)O)C1.Cl. The summed E-state index contributed by atoms with van der Waals surface area (Å²) in [4.78, 5) is 25.0. The molecule has 1 heterocycles. The first kappa shape index (κ1) is 20.1. The molecule has 0 spiro atoms. The lowest BCUT2D eigenvalue weighted by Gasteiger charge is -2.34. The number of ether oxygens (including phenoxy) is 1. The number of rotatable bonds is 8. The van der Waals surface area contributed by atoms with Crippen molar-refractivity contribution in [2.75, 3.05) is 32.8 Å².